The van der Waals surface area contributed by atoms with Gasteiger partial charge in [0.05, 0.1) is 26.9 Å². The van der Waals surface area contributed by atoms with Crippen molar-refractivity contribution in [1.82, 2.24) is 0 Å². The molecule has 0 aromatic heterocycles. The Morgan fingerprint density at radius 2 is 1.37 bits per heavy atom. The Morgan fingerprint density at radius 1 is 1.00 bits per heavy atom. The number of hydrogen-bond donors (Lipinski definition) is 1. The number of nitro benzene ring substituents is 2. The Kier molecular flexibility index (Phi) is 14.7. The van der Waals surface area contributed by atoms with Crippen molar-refractivity contribution >= 4 is 46.4 Å². The molecule has 38 heavy (non-hydrogen) atoms. The topological polar surface area (TPSA) is 175 Å². The number of nitriles is 1. The number of hydrogen-bond acceptors (Lipinski definition) is 8. The van der Waals surface area contributed by atoms with Crippen LogP contribution >= 0.6 is 24.0 Å². The highest BCUT2D eigenvalue weighted by atomic mass is 35.5. The van der Waals surface area contributed by atoms with Gasteiger partial charge in [0.2, 0.25) is 0 Å². The van der Waals surface area contributed by atoms with Crippen molar-refractivity contribution in [3.05, 3.63) is 90.3 Å². The predicted molar refractivity (Wildman–Crippen MR) is 146 cm³/mol. The molecule has 0 heterocycles. The fourth-order valence-corrected chi connectivity index (χ4v) is 2.87. The van der Waals surface area contributed by atoms with Crippen molar-refractivity contribution in [3.63, 3.8) is 0 Å². The molecule has 2 aromatic carbocycles. The zero-order valence-corrected chi connectivity index (χ0v) is 23.3. The number of Topliss-reactive ketones (excluding diaryl/α,β-unsaturated/α-hetero) is 1. The molecule has 11 nitrogen and oxygen atoms in total. The summed E-state index contributed by atoms with van der Waals surface area (Å²) in [4.78, 5) is 46.2. The van der Waals surface area contributed by atoms with Crippen molar-refractivity contribution in [3.8, 4) is 6.07 Å². The van der Waals surface area contributed by atoms with Gasteiger partial charge in [0.15, 0.2) is 5.78 Å². The van der Waals surface area contributed by atoms with Gasteiger partial charge < -0.3 is 0 Å². The Labute approximate surface area is 232 Å². The highest BCUT2D eigenvalue weighted by molar-refractivity contribution is 6.68. The average molecular weight is 566 g/mol. The number of nitro groups is 2. The number of carbonyl (C=O) groups excluding carboxylic acids is 2. The monoisotopic (exact) mass is 565 g/mol. The normalized spacial score (nSPS) is 10.1. The van der Waals surface area contributed by atoms with Gasteiger partial charge in [0, 0.05) is 31.4 Å². The van der Waals surface area contributed by atoms with Crippen molar-refractivity contribution < 1.29 is 19.4 Å². The van der Waals surface area contributed by atoms with Gasteiger partial charge in [-0.15, -0.1) is 12.4 Å². The smallest absolute Gasteiger partial charge is 0.284 e. The molecular weight excluding hydrogens is 537 g/mol. The summed E-state index contributed by atoms with van der Waals surface area (Å²) in [6.07, 6.45) is -0.0339. The minimum atomic E-state index is -0.825. The molecule has 0 aliphatic carbocycles. The summed E-state index contributed by atoms with van der Waals surface area (Å²) in [6, 6.07) is 11.1. The molecule has 0 unspecified atom stereocenters. The minimum absolute atomic E-state index is 0. The molecule has 2 N–H and O–H groups in total. The summed E-state index contributed by atoms with van der Waals surface area (Å²) in [5.74, 6) is -0.378. The van der Waals surface area contributed by atoms with Gasteiger partial charge in [-0.25, -0.2) is 6.57 Å². The number of halogens is 2. The number of nitrogens with two attached hydrogens (primary N) is 1. The fourth-order valence-electron chi connectivity index (χ4n) is 2.72. The first-order chi connectivity index (χ1) is 16.9. The van der Waals surface area contributed by atoms with Crippen molar-refractivity contribution in [2.75, 3.05) is 0 Å². The van der Waals surface area contributed by atoms with Crippen LogP contribution in [0.4, 0.5) is 11.4 Å². The van der Waals surface area contributed by atoms with E-state index >= 15 is 0 Å². The molecule has 0 aliphatic rings. The van der Waals surface area contributed by atoms with Crippen LogP contribution in [0.1, 0.15) is 66.0 Å². The van der Waals surface area contributed by atoms with E-state index in [0.717, 1.165) is 0 Å². The number of para-hydroxylation sites is 2. The quantitative estimate of drug-likeness (QED) is 0.139. The van der Waals surface area contributed by atoms with Crippen LogP contribution in [0.25, 0.3) is 4.85 Å². The molecule has 2 aromatic rings. The van der Waals surface area contributed by atoms with E-state index in [1.807, 2.05) is 6.07 Å². The maximum Gasteiger partial charge on any atom is 0.284 e. The SMILES string of the molecule is Cc1cccc(C(=O)CC(C)(C)C#N)c1[N+](=O)[O-].Cc1cccc(C(=O)Cl)c1[N+](=O)[O-].Cl.[C-]#[N+]C(C)(C)N. The molecule has 0 spiro atoms. The Balaban J connectivity index is 0. The molecule has 0 bridgehead atoms. The minimum Gasteiger partial charge on any atom is -0.294 e. The lowest BCUT2D eigenvalue weighted by atomic mass is 9.86. The maximum atomic E-state index is 12.0. The number of carbonyl (C=O) groups is 2. The molecule has 0 aliphatic heterocycles. The Hall–Kier alpha value is -3.90. The van der Waals surface area contributed by atoms with Crippen LogP contribution < -0.4 is 5.73 Å². The Bertz CT molecular complexity index is 1270. The van der Waals surface area contributed by atoms with Crippen molar-refractivity contribution in [1.29, 1.82) is 5.26 Å². The van der Waals surface area contributed by atoms with Crippen LogP contribution in [0.5, 0.6) is 0 Å². The van der Waals surface area contributed by atoms with E-state index in [4.69, 9.17) is 29.2 Å². The van der Waals surface area contributed by atoms with Crippen molar-refractivity contribution in [2.45, 2.75) is 53.6 Å². The molecule has 2 rings (SSSR count). The molecule has 0 radical (unpaired) electrons. The fraction of sp³-hybridized carbons (Fsp3) is 0.360. The predicted octanol–water partition coefficient (Wildman–Crippen LogP) is 6.33. The number of ketones is 1. The number of rotatable bonds is 6. The van der Waals surface area contributed by atoms with Crippen LogP contribution in [-0.2, 0) is 0 Å². The lowest BCUT2D eigenvalue weighted by molar-refractivity contribution is -0.385. The highest BCUT2D eigenvalue weighted by Crippen LogP contribution is 2.28. The number of benzene rings is 2. The summed E-state index contributed by atoms with van der Waals surface area (Å²) in [7, 11) is 0. The van der Waals surface area contributed by atoms with Gasteiger partial charge in [-0.1, -0.05) is 24.3 Å². The second-order valence-corrected chi connectivity index (χ2v) is 9.43. The second kappa shape index (κ2) is 15.4. The van der Waals surface area contributed by atoms with Gasteiger partial charge in [-0.3, -0.25) is 40.4 Å². The zero-order chi connectivity index (χ0) is 29.1. The van der Waals surface area contributed by atoms with E-state index in [9.17, 15) is 29.8 Å². The Morgan fingerprint density at radius 3 is 1.66 bits per heavy atom. The first-order valence-corrected chi connectivity index (χ1v) is 11.1. The molecule has 0 atom stereocenters. The third-order valence-electron chi connectivity index (χ3n) is 4.55. The van der Waals surface area contributed by atoms with E-state index < -0.39 is 26.2 Å². The molecule has 0 saturated heterocycles. The molecule has 13 heteroatoms. The summed E-state index contributed by atoms with van der Waals surface area (Å²) in [5, 5.41) is 29.6. The van der Waals surface area contributed by atoms with Gasteiger partial charge in [-0.05, 0) is 51.4 Å². The summed E-state index contributed by atoms with van der Waals surface area (Å²) in [5.41, 5.74) is 4.18. The lowest BCUT2D eigenvalue weighted by Crippen LogP contribution is -2.26. The van der Waals surface area contributed by atoms with E-state index in [1.54, 1.807) is 65.8 Å². The summed E-state index contributed by atoms with van der Waals surface area (Å²) >= 11 is 5.18. The first-order valence-electron chi connectivity index (χ1n) is 10.7. The third-order valence-corrected chi connectivity index (χ3v) is 4.75. The van der Waals surface area contributed by atoms with Gasteiger partial charge in [-0.2, -0.15) is 5.26 Å². The van der Waals surface area contributed by atoms with Gasteiger partial charge in [0.25, 0.3) is 22.3 Å². The van der Waals surface area contributed by atoms with Crippen LogP contribution in [0.15, 0.2) is 36.4 Å². The van der Waals surface area contributed by atoms with Crippen molar-refractivity contribution in [2.24, 2.45) is 11.1 Å². The van der Waals surface area contributed by atoms with E-state index in [0.29, 0.717) is 11.1 Å². The summed E-state index contributed by atoms with van der Waals surface area (Å²) < 4.78 is 0. The van der Waals surface area contributed by atoms with Crippen LogP contribution in [0.3, 0.4) is 0 Å². The van der Waals surface area contributed by atoms with Crippen LogP contribution in [0.2, 0.25) is 0 Å². The average Bonchev–Trinajstić information content (AvgIpc) is 2.78. The third kappa shape index (κ3) is 11.9. The molecular formula is C25H29Cl2N5O6. The van der Waals surface area contributed by atoms with Gasteiger partial charge in [0.1, 0.15) is 5.56 Å². The number of aryl methyl sites for hydroxylation is 2. The van der Waals surface area contributed by atoms with E-state index in [1.165, 1.54) is 12.1 Å². The lowest BCUT2D eigenvalue weighted by Gasteiger charge is -2.13. The van der Waals surface area contributed by atoms with E-state index in [-0.39, 0.29) is 47.1 Å². The second-order valence-electron chi connectivity index (χ2n) is 9.09. The molecule has 0 fully saturated rings. The molecule has 0 saturated carbocycles. The zero-order valence-electron chi connectivity index (χ0n) is 21.8. The number of nitrogens with zero attached hydrogens (tertiary/aromatic N) is 4. The van der Waals surface area contributed by atoms with E-state index in [2.05, 4.69) is 4.85 Å². The highest BCUT2D eigenvalue weighted by Gasteiger charge is 2.28. The standard InChI is InChI=1S/C13H14N2O3.C8H6ClNO3.C4H8N2.ClH/c1-9-5-4-6-10(12(9)15(17)18)11(16)7-13(2,3)8-14;1-5-3-2-4-6(8(9)11)7(5)10(12)13;1-4(2,5)6-3;/h4-6H,7H2,1-3H3;2-4H,1H3;5H2,1-2H3;1H. The summed E-state index contributed by atoms with van der Waals surface area (Å²) in [6.45, 7) is 16.1. The van der Waals surface area contributed by atoms with Crippen LogP contribution in [-0.4, -0.2) is 26.5 Å². The maximum absolute atomic E-state index is 12.0. The largest absolute Gasteiger partial charge is 0.294 e. The molecule has 204 valence electrons. The molecule has 0 amide bonds. The first kappa shape index (κ1) is 36.3. The van der Waals surface area contributed by atoms with Gasteiger partial charge >= 0.3 is 0 Å². The van der Waals surface area contributed by atoms with Crippen LogP contribution in [0, 0.1) is 57.4 Å².